The van der Waals surface area contributed by atoms with Gasteiger partial charge in [0.1, 0.15) is 0 Å². The van der Waals surface area contributed by atoms with E-state index in [9.17, 15) is 4.79 Å². The van der Waals surface area contributed by atoms with Crippen LogP contribution < -0.4 is 5.43 Å². The van der Waals surface area contributed by atoms with Crippen molar-refractivity contribution in [2.45, 2.75) is 47.0 Å². The summed E-state index contributed by atoms with van der Waals surface area (Å²) in [4.78, 5) is 13.2. The molecule has 5 nitrogen and oxygen atoms in total. The molecule has 2 heterocycles. The van der Waals surface area contributed by atoms with E-state index in [1.165, 1.54) is 12.0 Å². The van der Waals surface area contributed by atoms with Gasteiger partial charge in [0.05, 0.1) is 11.4 Å². The molecule has 1 N–H and O–H groups in total. The fraction of sp³-hybridized carbons (Fsp3) is 0.360. The van der Waals surface area contributed by atoms with Gasteiger partial charge in [-0.3, -0.25) is 10.2 Å². The van der Waals surface area contributed by atoms with Crippen molar-refractivity contribution >= 4 is 17.5 Å². The van der Waals surface area contributed by atoms with Crippen LogP contribution in [0.15, 0.2) is 36.4 Å². The molecule has 1 amide bonds. The number of benzene rings is 2. The van der Waals surface area contributed by atoms with Gasteiger partial charge in [-0.1, -0.05) is 41.8 Å². The third-order valence-corrected chi connectivity index (χ3v) is 6.21. The van der Waals surface area contributed by atoms with Gasteiger partial charge < -0.3 is 0 Å². The molecule has 31 heavy (non-hydrogen) atoms. The number of nitrogens with zero attached hydrogens (tertiary/aromatic N) is 3. The molecule has 0 bridgehead atoms. The maximum absolute atomic E-state index is 13.2. The molecule has 1 saturated heterocycles. The first-order chi connectivity index (χ1) is 14.8. The molecule has 0 radical (unpaired) electrons. The SMILES string of the molecule is Cc1ccc(-n2nc(C(=O)NN3CCCCC3)c(C)c2-c2ccc(Cl)cc2C)c(C)c1. The minimum absolute atomic E-state index is 0.157. The van der Waals surface area contributed by atoms with E-state index < -0.39 is 0 Å². The molecule has 4 rings (SSSR count). The molecule has 0 atom stereocenters. The van der Waals surface area contributed by atoms with Crippen molar-refractivity contribution < 1.29 is 4.79 Å². The lowest BCUT2D eigenvalue weighted by atomic mass is 10.0. The standard InChI is InChI=1S/C25H29ClN4O/c1-16-8-11-22(18(3)14-16)30-24(21-10-9-20(26)15-17(21)2)19(4)23(27-30)25(31)28-29-12-6-5-7-13-29/h8-11,14-15H,5-7,12-13H2,1-4H3,(H,28,31). The molecule has 1 fully saturated rings. The second-order valence-corrected chi connectivity index (χ2v) is 8.91. The Balaban J connectivity index is 1.84. The second-order valence-electron chi connectivity index (χ2n) is 8.47. The fourth-order valence-corrected chi connectivity index (χ4v) is 4.57. The maximum atomic E-state index is 13.2. The van der Waals surface area contributed by atoms with Gasteiger partial charge >= 0.3 is 0 Å². The largest absolute Gasteiger partial charge is 0.286 e. The summed E-state index contributed by atoms with van der Waals surface area (Å²) in [6.07, 6.45) is 3.42. The first kappa shape index (κ1) is 21.6. The maximum Gasteiger partial charge on any atom is 0.286 e. The summed E-state index contributed by atoms with van der Waals surface area (Å²) >= 11 is 6.22. The lowest BCUT2D eigenvalue weighted by molar-refractivity contribution is 0.0743. The molecular formula is C25H29ClN4O. The van der Waals surface area contributed by atoms with Crippen LogP contribution in [-0.2, 0) is 0 Å². The van der Waals surface area contributed by atoms with E-state index in [-0.39, 0.29) is 5.91 Å². The van der Waals surface area contributed by atoms with Crippen LogP contribution >= 0.6 is 11.6 Å². The van der Waals surface area contributed by atoms with E-state index in [0.29, 0.717) is 10.7 Å². The zero-order valence-electron chi connectivity index (χ0n) is 18.6. The minimum atomic E-state index is -0.157. The van der Waals surface area contributed by atoms with Gasteiger partial charge in [-0.25, -0.2) is 9.69 Å². The third-order valence-electron chi connectivity index (χ3n) is 5.98. The van der Waals surface area contributed by atoms with Gasteiger partial charge in [-0.05, 0) is 69.9 Å². The van der Waals surface area contributed by atoms with Gasteiger partial charge in [-0.15, -0.1) is 0 Å². The summed E-state index contributed by atoms with van der Waals surface area (Å²) < 4.78 is 1.91. The normalized spacial score (nSPS) is 14.6. The monoisotopic (exact) mass is 436 g/mol. The van der Waals surface area contributed by atoms with Gasteiger partial charge in [0.25, 0.3) is 5.91 Å². The van der Waals surface area contributed by atoms with Crippen LogP contribution in [0, 0.1) is 27.7 Å². The Bertz CT molecular complexity index is 1130. The Morgan fingerprint density at radius 1 is 0.968 bits per heavy atom. The van der Waals surface area contributed by atoms with E-state index in [0.717, 1.165) is 59.6 Å². The molecule has 3 aromatic rings. The number of piperidine rings is 1. The summed E-state index contributed by atoms with van der Waals surface area (Å²) in [6.45, 7) is 9.92. The van der Waals surface area contributed by atoms with Crippen molar-refractivity contribution in [3.63, 3.8) is 0 Å². The summed E-state index contributed by atoms with van der Waals surface area (Å²) in [5, 5.41) is 7.52. The summed E-state index contributed by atoms with van der Waals surface area (Å²) in [5.41, 5.74) is 10.6. The average Bonchev–Trinajstić information content (AvgIpc) is 3.06. The number of nitrogens with one attached hydrogen (secondary N) is 1. The zero-order valence-corrected chi connectivity index (χ0v) is 19.4. The quantitative estimate of drug-likeness (QED) is 0.582. The molecule has 0 aliphatic carbocycles. The lowest BCUT2D eigenvalue weighted by Crippen LogP contribution is -2.45. The number of carbonyl (C=O) groups is 1. The Hall–Kier alpha value is -2.63. The number of hydrogen-bond donors (Lipinski definition) is 1. The molecule has 1 aliphatic heterocycles. The molecule has 0 spiro atoms. The molecule has 1 aromatic heterocycles. The zero-order chi connectivity index (χ0) is 22.1. The second kappa shape index (κ2) is 8.85. The third kappa shape index (κ3) is 4.39. The van der Waals surface area contributed by atoms with Gasteiger partial charge in [0, 0.05) is 29.2 Å². The molecule has 0 saturated carbocycles. The Labute approximate surface area is 189 Å². The van der Waals surface area contributed by atoms with E-state index in [1.807, 2.05) is 41.7 Å². The molecular weight excluding hydrogens is 408 g/mol. The number of hydrogen-bond acceptors (Lipinski definition) is 3. The smallest absolute Gasteiger partial charge is 0.283 e. The van der Waals surface area contributed by atoms with Crippen LogP contribution in [0.1, 0.15) is 52.0 Å². The summed E-state index contributed by atoms with van der Waals surface area (Å²) in [5.74, 6) is -0.157. The highest BCUT2D eigenvalue weighted by Crippen LogP contribution is 2.33. The van der Waals surface area contributed by atoms with Gasteiger partial charge in [-0.2, -0.15) is 5.10 Å². The highest BCUT2D eigenvalue weighted by Gasteiger charge is 2.25. The molecule has 2 aromatic carbocycles. The fourth-order valence-electron chi connectivity index (χ4n) is 4.34. The summed E-state index contributed by atoms with van der Waals surface area (Å²) in [6, 6.07) is 12.1. The Kier molecular flexibility index (Phi) is 6.17. The predicted molar refractivity (Wildman–Crippen MR) is 126 cm³/mol. The van der Waals surface area contributed by atoms with E-state index in [4.69, 9.17) is 16.7 Å². The van der Waals surface area contributed by atoms with Crippen LogP contribution in [0.5, 0.6) is 0 Å². The molecule has 1 aliphatic rings. The predicted octanol–water partition coefficient (Wildman–Crippen LogP) is 5.56. The number of carbonyl (C=O) groups excluding carboxylic acids is 1. The number of amides is 1. The highest BCUT2D eigenvalue weighted by molar-refractivity contribution is 6.30. The molecule has 6 heteroatoms. The van der Waals surface area contributed by atoms with Crippen molar-refractivity contribution in [1.29, 1.82) is 0 Å². The van der Waals surface area contributed by atoms with Crippen LogP contribution in [0.3, 0.4) is 0 Å². The van der Waals surface area contributed by atoms with Crippen LogP contribution in [0.4, 0.5) is 0 Å². The minimum Gasteiger partial charge on any atom is -0.283 e. The topological polar surface area (TPSA) is 50.2 Å². The van der Waals surface area contributed by atoms with Gasteiger partial charge in [0.15, 0.2) is 5.69 Å². The first-order valence-corrected chi connectivity index (χ1v) is 11.2. The molecule has 0 unspecified atom stereocenters. The Morgan fingerprint density at radius 2 is 1.71 bits per heavy atom. The average molecular weight is 437 g/mol. The number of rotatable bonds is 4. The molecule has 162 valence electrons. The van der Waals surface area contributed by atoms with E-state index in [2.05, 4.69) is 37.5 Å². The van der Waals surface area contributed by atoms with Crippen LogP contribution in [0.2, 0.25) is 5.02 Å². The van der Waals surface area contributed by atoms with Gasteiger partial charge in [0.2, 0.25) is 0 Å². The highest BCUT2D eigenvalue weighted by atomic mass is 35.5. The first-order valence-electron chi connectivity index (χ1n) is 10.8. The van der Waals surface area contributed by atoms with Crippen molar-refractivity contribution in [2.24, 2.45) is 0 Å². The van der Waals surface area contributed by atoms with Crippen LogP contribution in [0.25, 0.3) is 16.9 Å². The van der Waals surface area contributed by atoms with Crippen molar-refractivity contribution in [3.05, 3.63) is 69.4 Å². The van der Waals surface area contributed by atoms with E-state index >= 15 is 0 Å². The summed E-state index contributed by atoms with van der Waals surface area (Å²) in [7, 11) is 0. The number of hydrazine groups is 1. The lowest BCUT2D eigenvalue weighted by Gasteiger charge is -2.26. The van der Waals surface area contributed by atoms with Crippen molar-refractivity contribution in [1.82, 2.24) is 20.2 Å². The number of halogens is 1. The Morgan fingerprint density at radius 3 is 2.39 bits per heavy atom. The number of aryl methyl sites for hydroxylation is 3. The van der Waals surface area contributed by atoms with Crippen LogP contribution in [-0.4, -0.2) is 33.8 Å². The van der Waals surface area contributed by atoms with E-state index in [1.54, 1.807) is 0 Å². The number of aromatic nitrogens is 2. The van der Waals surface area contributed by atoms with Crippen molar-refractivity contribution in [2.75, 3.05) is 13.1 Å². The van der Waals surface area contributed by atoms with Crippen molar-refractivity contribution in [3.8, 4) is 16.9 Å².